The standard InChI is InChI=1S/C9H6N2O/c12-6-8-4-3-7-2-1-5-10-9(7)11-8/h1-5H,(H,10,11). The maximum absolute atomic E-state index is 10.3. The molecule has 0 atom stereocenters. The first kappa shape index (κ1) is 6.83. The van der Waals surface area contributed by atoms with Gasteiger partial charge in [0.15, 0.2) is 5.94 Å². The third kappa shape index (κ3) is 1.02. The lowest BCUT2D eigenvalue weighted by atomic mass is 10.2. The molecule has 1 N–H and O–H groups in total. The van der Waals surface area contributed by atoms with Crippen LogP contribution in [0.1, 0.15) is 5.56 Å². The Morgan fingerprint density at radius 3 is 3.17 bits per heavy atom. The van der Waals surface area contributed by atoms with Crippen molar-refractivity contribution in [1.82, 2.24) is 4.98 Å². The van der Waals surface area contributed by atoms with Crippen LogP contribution in [0.4, 0.5) is 5.82 Å². The average Bonchev–Trinajstić information content (AvgIpc) is 2.17. The molecule has 0 fully saturated rings. The monoisotopic (exact) mass is 158 g/mol. The van der Waals surface area contributed by atoms with E-state index in [-0.39, 0.29) is 0 Å². The molecule has 0 bridgehead atoms. The van der Waals surface area contributed by atoms with Crippen molar-refractivity contribution in [3.63, 3.8) is 0 Å². The van der Waals surface area contributed by atoms with Crippen molar-refractivity contribution < 1.29 is 4.79 Å². The van der Waals surface area contributed by atoms with Gasteiger partial charge in [-0.3, -0.25) is 0 Å². The maximum atomic E-state index is 10.3. The number of hydrogen-bond donors (Lipinski definition) is 1. The van der Waals surface area contributed by atoms with Gasteiger partial charge in [-0.25, -0.2) is 9.78 Å². The van der Waals surface area contributed by atoms with E-state index in [0.29, 0.717) is 11.5 Å². The van der Waals surface area contributed by atoms with Crippen LogP contribution in [0.15, 0.2) is 30.1 Å². The molecule has 0 radical (unpaired) electrons. The molecule has 0 saturated heterocycles. The summed E-state index contributed by atoms with van der Waals surface area (Å²) in [5.41, 5.74) is 1.40. The number of carbonyl (C=O) groups excluding carboxylic acids is 1. The summed E-state index contributed by atoms with van der Waals surface area (Å²) in [5.74, 6) is 2.48. The minimum Gasteiger partial charge on any atom is -0.331 e. The summed E-state index contributed by atoms with van der Waals surface area (Å²) in [5, 5.41) is 2.84. The topological polar surface area (TPSA) is 42.0 Å². The fourth-order valence-electron chi connectivity index (χ4n) is 1.06. The highest BCUT2D eigenvalue weighted by Gasteiger charge is 2.06. The molecule has 2 heterocycles. The first-order valence-corrected chi connectivity index (χ1v) is 3.55. The lowest BCUT2D eigenvalue weighted by molar-refractivity contribution is 0.568. The van der Waals surface area contributed by atoms with E-state index in [1.807, 2.05) is 18.2 Å². The zero-order valence-electron chi connectivity index (χ0n) is 6.24. The highest BCUT2D eigenvalue weighted by Crippen LogP contribution is 2.19. The molecule has 0 spiro atoms. The highest BCUT2D eigenvalue weighted by molar-refractivity contribution is 5.77. The quantitative estimate of drug-likeness (QED) is 0.577. The van der Waals surface area contributed by atoms with E-state index < -0.39 is 0 Å². The van der Waals surface area contributed by atoms with Crippen LogP contribution >= 0.6 is 0 Å². The van der Waals surface area contributed by atoms with Gasteiger partial charge in [0.05, 0.1) is 0 Å². The van der Waals surface area contributed by atoms with Gasteiger partial charge in [0, 0.05) is 11.8 Å². The van der Waals surface area contributed by atoms with Gasteiger partial charge in [0.2, 0.25) is 0 Å². The Labute approximate surface area is 69.4 Å². The van der Waals surface area contributed by atoms with Crippen molar-refractivity contribution in [3.05, 3.63) is 35.7 Å². The molecule has 0 aliphatic carbocycles. The lowest BCUT2D eigenvalue weighted by Crippen LogP contribution is -2.04. The molecule has 1 aliphatic rings. The van der Waals surface area contributed by atoms with Crippen LogP contribution in [-0.4, -0.2) is 10.9 Å². The minimum absolute atomic E-state index is 0.418. The van der Waals surface area contributed by atoms with Crippen molar-refractivity contribution in [2.24, 2.45) is 0 Å². The van der Waals surface area contributed by atoms with Crippen molar-refractivity contribution in [2.75, 3.05) is 5.32 Å². The summed E-state index contributed by atoms with van der Waals surface area (Å²) in [4.78, 5) is 14.3. The Morgan fingerprint density at radius 1 is 1.42 bits per heavy atom. The normalized spacial score (nSPS) is 13.2. The number of fused-ring (bicyclic) bond motifs is 1. The molecule has 1 aromatic heterocycles. The Kier molecular flexibility index (Phi) is 1.50. The number of aromatic nitrogens is 1. The van der Waals surface area contributed by atoms with Crippen LogP contribution in [-0.2, 0) is 4.79 Å². The summed E-state index contributed by atoms with van der Waals surface area (Å²) in [6.45, 7) is 0. The van der Waals surface area contributed by atoms with Crippen molar-refractivity contribution in [2.45, 2.75) is 0 Å². The van der Waals surface area contributed by atoms with Crippen molar-refractivity contribution in [3.8, 4) is 0 Å². The number of pyridine rings is 1. The second kappa shape index (κ2) is 2.64. The van der Waals surface area contributed by atoms with Gasteiger partial charge < -0.3 is 5.32 Å². The molecule has 1 aromatic rings. The number of nitrogens with zero attached hydrogens (tertiary/aromatic N) is 1. The summed E-state index contributed by atoms with van der Waals surface area (Å²) < 4.78 is 0. The second-order valence-electron chi connectivity index (χ2n) is 2.42. The fraction of sp³-hybridized carbons (Fsp3) is 0. The summed E-state index contributed by atoms with van der Waals surface area (Å²) in [6, 6.07) is 3.77. The molecular formula is C9H6N2O. The van der Waals surface area contributed by atoms with E-state index in [9.17, 15) is 4.79 Å². The van der Waals surface area contributed by atoms with E-state index in [0.717, 1.165) is 5.56 Å². The SMILES string of the molecule is O=C=C1C=Cc2cccnc2N1. The molecule has 12 heavy (non-hydrogen) atoms. The molecule has 0 aromatic carbocycles. The van der Waals surface area contributed by atoms with E-state index in [1.54, 1.807) is 18.2 Å². The maximum Gasteiger partial charge on any atom is 0.150 e. The Hall–Kier alpha value is -1.86. The van der Waals surface area contributed by atoms with Gasteiger partial charge in [-0.2, -0.15) is 0 Å². The summed E-state index contributed by atoms with van der Waals surface area (Å²) in [7, 11) is 0. The van der Waals surface area contributed by atoms with Crippen LogP contribution in [0.3, 0.4) is 0 Å². The van der Waals surface area contributed by atoms with E-state index in [4.69, 9.17) is 0 Å². The summed E-state index contributed by atoms with van der Waals surface area (Å²) >= 11 is 0. The number of rotatable bonds is 0. The second-order valence-corrected chi connectivity index (χ2v) is 2.42. The largest absolute Gasteiger partial charge is 0.331 e. The van der Waals surface area contributed by atoms with Gasteiger partial charge in [-0.05, 0) is 24.3 Å². The van der Waals surface area contributed by atoms with Crippen molar-refractivity contribution >= 4 is 17.8 Å². The number of allylic oxidation sites excluding steroid dienone is 1. The highest BCUT2D eigenvalue weighted by atomic mass is 16.1. The van der Waals surface area contributed by atoms with Gasteiger partial charge in [-0.15, -0.1) is 0 Å². The van der Waals surface area contributed by atoms with E-state index >= 15 is 0 Å². The predicted molar refractivity (Wildman–Crippen MR) is 46.1 cm³/mol. The molecule has 3 heteroatoms. The molecule has 0 saturated carbocycles. The third-order valence-electron chi connectivity index (χ3n) is 1.63. The Morgan fingerprint density at radius 2 is 2.33 bits per heavy atom. The first-order valence-electron chi connectivity index (χ1n) is 3.55. The molecule has 2 rings (SSSR count). The Bertz CT molecular complexity index is 389. The van der Waals surface area contributed by atoms with Gasteiger partial charge in [-0.1, -0.05) is 0 Å². The first-order chi connectivity index (χ1) is 5.90. The predicted octanol–water partition coefficient (Wildman–Crippen LogP) is 1.24. The van der Waals surface area contributed by atoms with Crippen LogP contribution in [0.25, 0.3) is 6.08 Å². The Balaban J connectivity index is 2.52. The van der Waals surface area contributed by atoms with Gasteiger partial charge in [0.1, 0.15) is 11.5 Å². The average molecular weight is 158 g/mol. The van der Waals surface area contributed by atoms with Gasteiger partial charge >= 0.3 is 0 Å². The number of anilines is 1. The van der Waals surface area contributed by atoms with Crippen LogP contribution in [0, 0.1) is 0 Å². The van der Waals surface area contributed by atoms with E-state index in [2.05, 4.69) is 10.3 Å². The van der Waals surface area contributed by atoms with E-state index in [1.165, 1.54) is 0 Å². The van der Waals surface area contributed by atoms with Crippen LogP contribution in [0.5, 0.6) is 0 Å². The van der Waals surface area contributed by atoms with Crippen LogP contribution < -0.4 is 5.32 Å². The zero-order valence-corrected chi connectivity index (χ0v) is 6.24. The van der Waals surface area contributed by atoms with Crippen molar-refractivity contribution in [1.29, 1.82) is 0 Å². The smallest absolute Gasteiger partial charge is 0.150 e. The molecule has 1 aliphatic heterocycles. The molecular weight excluding hydrogens is 152 g/mol. The lowest BCUT2D eigenvalue weighted by Gasteiger charge is -2.10. The number of hydrogen-bond acceptors (Lipinski definition) is 3. The molecule has 58 valence electrons. The molecule has 0 amide bonds. The zero-order chi connectivity index (χ0) is 8.39. The number of nitrogens with one attached hydrogen (secondary N) is 1. The summed E-state index contributed by atoms with van der Waals surface area (Å²) in [6.07, 6.45) is 5.18. The fourth-order valence-corrected chi connectivity index (χ4v) is 1.06. The minimum atomic E-state index is 0.418. The molecule has 3 nitrogen and oxygen atoms in total. The third-order valence-corrected chi connectivity index (χ3v) is 1.63. The van der Waals surface area contributed by atoms with Crippen LogP contribution in [0.2, 0.25) is 0 Å². The van der Waals surface area contributed by atoms with Gasteiger partial charge in [0.25, 0.3) is 0 Å². The molecule has 0 unspecified atom stereocenters.